The number of methoxy groups -OCH3 is 2. The number of benzene rings is 3. The van der Waals surface area contributed by atoms with Crippen LogP contribution in [0.25, 0.3) is 11.2 Å². The van der Waals surface area contributed by atoms with Gasteiger partial charge in [-0.25, -0.2) is 14.8 Å². The van der Waals surface area contributed by atoms with Crippen LogP contribution in [0.2, 0.25) is 0 Å². The van der Waals surface area contributed by atoms with Gasteiger partial charge in [0.05, 0.1) is 32.7 Å². The summed E-state index contributed by atoms with van der Waals surface area (Å²) in [5.41, 5.74) is 12.7. The number of Topliss-reactive ketones (excluding diaryl/α,β-unsaturated/α-hetero) is 1. The molecule has 0 fully saturated rings. The van der Waals surface area contributed by atoms with Crippen LogP contribution in [0.15, 0.2) is 79.0 Å². The molecular formula is C36H38N8O7. The summed E-state index contributed by atoms with van der Waals surface area (Å²) < 4.78 is 10.6. The van der Waals surface area contributed by atoms with Gasteiger partial charge in [-0.3, -0.25) is 14.5 Å². The molecule has 5 aromatic rings. The fourth-order valence-corrected chi connectivity index (χ4v) is 5.77. The lowest BCUT2D eigenvalue weighted by Gasteiger charge is -2.39. The highest BCUT2D eigenvalue weighted by atomic mass is 16.5. The van der Waals surface area contributed by atoms with Gasteiger partial charge in [-0.2, -0.15) is 9.97 Å². The van der Waals surface area contributed by atoms with Crippen molar-refractivity contribution in [3.05, 3.63) is 101 Å². The molecule has 1 unspecified atom stereocenters. The van der Waals surface area contributed by atoms with Crippen molar-refractivity contribution in [2.45, 2.75) is 38.0 Å². The van der Waals surface area contributed by atoms with Gasteiger partial charge in [-0.05, 0) is 66.1 Å². The highest BCUT2D eigenvalue weighted by Crippen LogP contribution is 2.33. The van der Waals surface area contributed by atoms with Gasteiger partial charge >= 0.3 is 11.9 Å². The molecule has 0 spiro atoms. The molecule has 0 radical (unpaired) electrons. The number of ether oxygens (including phenoxy) is 2. The van der Waals surface area contributed by atoms with E-state index in [0.717, 1.165) is 0 Å². The average molecular weight is 695 g/mol. The van der Waals surface area contributed by atoms with Gasteiger partial charge in [0.1, 0.15) is 11.5 Å². The van der Waals surface area contributed by atoms with E-state index < -0.39 is 36.1 Å². The molecule has 2 aromatic heterocycles. The van der Waals surface area contributed by atoms with Gasteiger partial charge in [0, 0.05) is 37.8 Å². The molecule has 0 aliphatic carbocycles. The third-order valence-electron chi connectivity index (χ3n) is 8.51. The molecule has 0 saturated carbocycles. The second kappa shape index (κ2) is 15.5. The first-order chi connectivity index (χ1) is 24.4. The van der Waals surface area contributed by atoms with E-state index in [1.807, 2.05) is 11.9 Å². The van der Waals surface area contributed by atoms with E-state index in [1.165, 1.54) is 31.3 Å². The maximum absolute atomic E-state index is 14.6. The number of rotatable bonds is 16. The molecule has 1 atom stereocenters. The number of ketones is 1. The summed E-state index contributed by atoms with van der Waals surface area (Å²) in [6, 6.07) is 20.5. The number of aromatic nitrogens is 4. The highest BCUT2D eigenvalue weighted by Gasteiger charge is 2.51. The summed E-state index contributed by atoms with van der Waals surface area (Å²) >= 11 is 0. The fourth-order valence-electron chi connectivity index (χ4n) is 5.77. The Morgan fingerprint density at radius 2 is 1.35 bits per heavy atom. The third kappa shape index (κ3) is 8.11. The molecular weight excluding hydrogens is 656 g/mol. The Kier molecular flexibility index (Phi) is 10.9. The Bertz CT molecular complexity index is 1980. The lowest BCUT2D eigenvalue weighted by molar-refractivity contribution is -0.150. The number of anilines is 3. The Labute approximate surface area is 293 Å². The van der Waals surface area contributed by atoms with Crippen LogP contribution in [0.5, 0.6) is 11.5 Å². The van der Waals surface area contributed by atoms with E-state index >= 15 is 0 Å². The Balaban J connectivity index is 1.49. The molecule has 15 nitrogen and oxygen atoms in total. The van der Waals surface area contributed by atoms with Crippen LogP contribution in [0.4, 0.5) is 17.5 Å². The van der Waals surface area contributed by atoms with Crippen molar-refractivity contribution in [2.24, 2.45) is 0 Å². The number of aliphatic carboxylic acids is 2. The number of nitrogen functional groups attached to an aromatic ring is 2. The first kappa shape index (κ1) is 35.9. The van der Waals surface area contributed by atoms with E-state index in [9.17, 15) is 24.6 Å². The van der Waals surface area contributed by atoms with E-state index in [-0.39, 0.29) is 36.1 Å². The van der Waals surface area contributed by atoms with Crippen LogP contribution < -0.4 is 25.8 Å². The number of carboxylic acids is 2. The summed E-state index contributed by atoms with van der Waals surface area (Å²) in [5, 5.41) is 20.6. The first-order valence-corrected chi connectivity index (χ1v) is 15.8. The molecule has 264 valence electrons. The molecule has 5 rings (SSSR count). The topological polar surface area (TPSA) is 220 Å². The normalized spacial score (nSPS) is 12.3. The van der Waals surface area contributed by atoms with E-state index in [1.54, 1.807) is 66.9 Å². The Hall–Kier alpha value is -6.35. The van der Waals surface area contributed by atoms with E-state index in [0.29, 0.717) is 46.1 Å². The van der Waals surface area contributed by atoms with Crippen LogP contribution in [0.3, 0.4) is 0 Å². The standard InChI is InChI=1S/C36H38N8O7/c1-43(21-25-18-39-33-30(40-25)32(37)41-35(38)42-33)26-10-8-24(9-11-26)31(47)36(34(48)49,17-16-29(45)46)44(19-22-4-12-27(50-2)13-5-22)20-23-6-14-28(51-3)15-7-23/h4-15,18H,16-17,19-21H2,1-3H3,(H,45,46)(H,48,49)(H4,37,38,39,41,42). The summed E-state index contributed by atoms with van der Waals surface area (Å²) in [6.45, 7) is 0.335. The third-order valence-corrected chi connectivity index (χ3v) is 8.51. The van der Waals surface area contributed by atoms with Crippen LogP contribution >= 0.6 is 0 Å². The van der Waals surface area contributed by atoms with Crippen LogP contribution in [-0.2, 0) is 29.2 Å². The number of hydrogen-bond acceptors (Lipinski definition) is 13. The summed E-state index contributed by atoms with van der Waals surface area (Å²) in [7, 11) is 4.88. The number of hydrogen-bond donors (Lipinski definition) is 4. The predicted octanol–water partition coefficient (Wildman–Crippen LogP) is 3.81. The number of carboxylic acid groups (broad SMARTS) is 2. The lowest BCUT2D eigenvalue weighted by Crippen LogP contribution is -2.59. The molecule has 15 heteroatoms. The lowest BCUT2D eigenvalue weighted by atomic mass is 9.82. The number of carbonyl (C=O) groups is 3. The van der Waals surface area contributed by atoms with Crippen molar-refractivity contribution in [3.63, 3.8) is 0 Å². The van der Waals surface area contributed by atoms with Gasteiger partial charge in [0.15, 0.2) is 28.3 Å². The molecule has 0 amide bonds. The second-order valence-electron chi connectivity index (χ2n) is 11.8. The predicted molar refractivity (Wildman–Crippen MR) is 189 cm³/mol. The maximum atomic E-state index is 14.6. The average Bonchev–Trinajstić information content (AvgIpc) is 3.12. The second-order valence-corrected chi connectivity index (χ2v) is 11.8. The van der Waals surface area contributed by atoms with Gasteiger partial charge in [-0.15, -0.1) is 0 Å². The summed E-state index contributed by atoms with van der Waals surface area (Å²) in [5.74, 6) is -2.13. The minimum atomic E-state index is -2.25. The molecule has 0 aliphatic heterocycles. The zero-order valence-electron chi connectivity index (χ0n) is 28.3. The monoisotopic (exact) mass is 694 g/mol. The van der Waals surface area contributed by atoms with Crippen molar-refractivity contribution in [2.75, 3.05) is 37.6 Å². The zero-order chi connectivity index (χ0) is 36.7. The first-order valence-electron chi connectivity index (χ1n) is 15.8. The minimum absolute atomic E-state index is 0.00623. The SMILES string of the molecule is COc1ccc(CN(Cc2ccc(OC)cc2)C(CCC(=O)O)(C(=O)O)C(=O)c2ccc(N(C)Cc3cnc4nc(N)nc(N)c4n3)cc2)cc1. The van der Waals surface area contributed by atoms with Gasteiger partial charge in [0.25, 0.3) is 0 Å². The van der Waals surface area contributed by atoms with Crippen molar-refractivity contribution in [3.8, 4) is 11.5 Å². The molecule has 0 bridgehead atoms. The van der Waals surface area contributed by atoms with Crippen molar-refractivity contribution >= 4 is 46.3 Å². The molecule has 0 saturated heterocycles. The largest absolute Gasteiger partial charge is 0.497 e. The molecule has 0 aliphatic rings. The molecule has 51 heavy (non-hydrogen) atoms. The van der Waals surface area contributed by atoms with Crippen molar-refractivity contribution in [1.82, 2.24) is 24.8 Å². The Morgan fingerprint density at radius 3 is 1.86 bits per heavy atom. The van der Waals surface area contributed by atoms with Crippen LogP contribution in [0.1, 0.15) is 40.0 Å². The number of fused-ring (bicyclic) bond motifs is 1. The highest BCUT2D eigenvalue weighted by molar-refractivity contribution is 6.16. The fraction of sp³-hybridized carbons (Fsp3) is 0.250. The van der Waals surface area contributed by atoms with Crippen molar-refractivity contribution < 1.29 is 34.1 Å². The van der Waals surface area contributed by atoms with Gasteiger partial charge in [0.2, 0.25) is 5.95 Å². The quantitative estimate of drug-likeness (QED) is 0.0852. The molecule has 2 heterocycles. The van der Waals surface area contributed by atoms with Crippen molar-refractivity contribution in [1.29, 1.82) is 0 Å². The number of nitrogens with zero attached hydrogens (tertiary/aromatic N) is 6. The van der Waals surface area contributed by atoms with Crippen LogP contribution in [0, 0.1) is 0 Å². The smallest absolute Gasteiger partial charge is 0.332 e. The maximum Gasteiger partial charge on any atom is 0.332 e. The zero-order valence-corrected chi connectivity index (χ0v) is 28.3. The minimum Gasteiger partial charge on any atom is -0.497 e. The van der Waals surface area contributed by atoms with E-state index in [2.05, 4.69) is 19.9 Å². The Morgan fingerprint density at radius 1 is 0.784 bits per heavy atom. The van der Waals surface area contributed by atoms with Crippen LogP contribution in [-0.4, -0.2) is 79.6 Å². The summed E-state index contributed by atoms with van der Waals surface area (Å²) in [6.07, 6.45) is 0.506. The summed E-state index contributed by atoms with van der Waals surface area (Å²) in [4.78, 5) is 60.1. The van der Waals surface area contributed by atoms with Gasteiger partial charge in [-0.1, -0.05) is 24.3 Å². The van der Waals surface area contributed by atoms with Gasteiger partial charge < -0.3 is 36.1 Å². The van der Waals surface area contributed by atoms with E-state index in [4.69, 9.17) is 20.9 Å². The molecule has 6 N–H and O–H groups in total. The number of nitrogens with two attached hydrogens (primary N) is 2. The number of carbonyl (C=O) groups excluding carboxylic acids is 1. The molecule has 3 aromatic carbocycles.